The number of rotatable bonds is 5. The number of nitrogens with zero attached hydrogens (tertiary/aromatic N) is 1. The van der Waals surface area contributed by atoms with Gasteiger partial charge in [-0.15, -0.1) is 0 Å². The lowest BCUT2D eigenvalue weighted by molar-refractivity contribution is -0.269. The predicted octanol–water partition coefficient (Wildman–Crippen LogP) is 2.01. The Hall–Kier alpha value is -1.03. The summed E-state index contributed by atoms with van der Waals surface area (Å²) in [4.78, 5) is 15.3. The van der Waals surface area contributed by atoms with Gasteiger partial charge in [0.25, 0.3) is 0 Å². The summed E-state index contributed by atoms with van der Waals surface area (Å²) >= 11 is 0. The van der Waals surface area contributed by atoms with Gasteiger partial charge in [-0.3, -0.25) is 9.69 Å². The van der Waals surface area contributed by atoms with E-state index in [9.17, 15) is 4.79 Å². The first-order valence-electron chi connectivity index (χ1n) is 13.3. The van der Waals surface area contributed by atoms with Crippen molar-refractivity contribution >= 4 is 5.97 Å². The van der Waals surface area contributed by atoms with Crippen molar-refractivity contribution in [2.24, 2.45) is 34.5 Å². The van der Waals surface area contributed by atoms with E-state index in [1.165, 1.54) is 6.92 Å². The molecule has 5 aliphatic carbocycles. The molecule has 0 aromatic rings. The minimum atomic E-state index is -0.816. The fourth-order valence-electron chi connectivity index (χ4n) is 11.2. The van der Waals surface area contributed by atoms with Crippen LogP contribution in [0.2, 0.25) is 0 Å². The van der Waals surface area contributed by atoms with Gasteiger partial charge in [0.2, 0.25) is 0 Å². The molecule has 2 heterocycles. The van der Waals surface area contributed by atoms with Crippen LogP contribution in [0.3, 0.4) is 0 Å². The molecule has 0 amide bonds. The summed E-state index contributed by atoms with van der Waals surface area (Å²) in [5.74, 6) is 0.478. The molecule has 2 saturated heterocycles. The third-order valence-corrected chi connectivity index (χ3v) is 11.6. The molecule has 0 radical (unpaired) electrons. The molecular weight excluding hydrogens is 450 g/mol. The van der Waals surface area contributed by atoms with Crippen molar-refractivity contribution < 1.29 is 33.2 Å². The van der Waals surface area contributed by atoms with Gasteiger partial charge in [0.1, 0.15) is 18.5 Å². The Morgan fingerprint density at radius 2 is 1.97 bits per heavy atom. The van der Waals surface area contributed by atoms with E-state index in [1.54, 1.807) is 7.11 Å². The largest absolute Gasteiger partial charge is 0.459 e. The maximum atomic E-state index is 12.7. The maximum Gasteiger partial charge on any atom is 0.303 e. The van der Waals surface area contributed by atoms with Crippen LogP contribution in [0.4, 0.5) is 0 Å². The molecule has 3 spiro atoms. The average Bonchev–Trinajstić information content (AvgIpc) is 3.41. The zero-order chi connectivity index (χ0) is 24.5. The minimum absolute atomic E-state index is 0.00139. The number of hydrogen-bond acceptors (Lipinski definition) is 8. The summed E-state index contributed by atoms with van der Waals surface area (Å²) in [6.45, 7) is 8.07. The average molecular weight is 490 g/mol. The minimum Gasteiger partial charge on any atom is -0.459 e. The van der Waals surface area contributed by atoms with Gasteiger partial charge < -0.3 is 28.4 Å². The van der Waals surface area contributed by atoms with Crippen molar-refractivity contribution in [2.75, 3.05) is 41.2 Å². The quantitative estimate of drug-likeness (QED) is 0.429. The third kappa shape index (κ3) is 2.20. The number of carbonyl (C=O) groups excluding carboxylic acids is 1. The van der Waals surface area contributed by atoms with Crippen LogP contribution in [0.25, 0.3) is 0 Å². The van der Waals surface area contributed by atoms with Crippen LogP contribution in [0.15, 0.2) is 12.2 Å². The Morgan fingerprint density at radius 1 is 1.17 bits per heavy atom. The Balaban J connectivity index is 1.58. The lowest BCUT2D eigenvalue weighted by atomic mass is 9.44. The molecule has 4 saturated carbocycles. The second-order valence-electron chi connectivity index (χ2n) is 12.3. The van der Waals surface area contributed by atoms with Crippen molar-refractivity contribution in [1.29, 1.82) is 0 Å². The molecule has 0 N–H and O–H groups in total. The molecule has 2 aliphatic heterocycles. The lowest BCUT2D eigenvalue weighted by Gasteiger charge is -2.68. The molecular formula is C27H39NO7. The van der Waals surface area contributed by atoms with Crippen molar-refractivity contribution in [2.45, 2.75) is 75.3 Å². The summed E-state index contributed by atoms with van der Waals surface area (Å²) < 4.78 is 39.0. The van der Waals surface area contributed by atoms with E-state index in [0.717, 1.165) is 25.9 Å². The van der Waals surface area contributed by atoms with Crippen molar-refractivity contribution in [1.82, 2.24) is 4.90 Å². The Labute approximate surface area is 207 Å². The summed E-state index contributed by atoms with van der Waals surface area (Å²) in [5.41, 5.74) is -1.94. The number of likely N-dealkylation sites (tertiary alicyclic amines) is 1. The molecule has 6 fully saturated rings. The van der Waals surface area contributed by atoms with Gasteiger partial charge in [0.15, 0.2) is 5.60 Å². The normalized spacial score (nSPS) is 59.0. The molecule has 0 aromatic carbocycles. The second-order valence-corrected chi connectivity index (χ2v) is 12.3. The molecule has 7 aliphatic rings. The monoisotopic (exact) mass is 489 g/mol. The number of esters is 1. The van der Waals surface area contributed by atoms with Crippen LogP contribution < -0.4 is 0 Å². The van der Waals surface area contributed by atoms with Crippen LogP contribution in [0.1, 0.15) is 33.6 Å². The summed E-state index contributed by atoms with van der Waals surface area (Å²) in [6, 6.07) is 0.00735. The second kappa shape index (κ2) is 7.08. The molecule has 8 heteroatoms. The van der Waals surface area contributed by atoms with Crippen molar-refractivity contribution in [3.8, 4) is 0 Å². The Morgan fingerprint density at radius 3 is 2.63 bits per heavy atom. The standard InChI is InChI=1S/C27H39NO7/c1-7-28-12-24(3)9-8-18(31-5)26-16-10-15-17(30-4)11-25(19(16)20(15)32-6)27(23(26)28,34-13-33-25)22(21(24)26)35-14(2)29/h8-9,15-23H,7,10-13H2,1-6H3/t15-,16-,17-,18+,19-,20+,21+,22+,23-,24-,25-,26-,27+/m0/s1. The highest BCUT2D eigenvalue weighted by Gasteiger charge is 2.93. The number of ether oxygens (including phenoxy) is 6. The van der Waals surface area contributed by atoms with Gasteiger partial charge in [-0.2, -0.15) is 0 Å². The van der Waals surface area contributed by atoms with Gasteiger partial charge >= 0.3 is 5.97 Å². The Kier molecular flexibility index (Phi) is 4.68. The first kappa shape index (κ1) is 23.1. The summed E-state index contributed by atoms with van der Waals surface area (Å²) in [7, 11) is 5.45. The van der Waals surface area contributed by atoms with E-state index in [2.05, 4.69) is 30.9 Å². The number of piperidine rings is 1. The van der Waals surface area contributed by atoms with Crippen LogP contribution >= 0.6 is 0 Å². The maximum absolute atomic E-state index is 12.7. The topological polar surface area (TPSA) is 75.7 Å². The fourth-order valence-corrected chi connectivity index (χ4v) is 11.2. The highest BCUT2D eigenvalue weighted by Crippen LogP contribution is 2.82. The summed E-state index contributed by atoms with van der Waals surface area (Å²) in [6.07, 6.45) is 5.79. The molecule has 35 heavy (non-hydrogen) atoms. The highest BCUT2D eigenvalue weighted by molar-refractivity contribution is 5.67. The number of likely N-dealkylation sites (N-methyl/N-ethyl adjacent to an activating group) is 1. The van der Waals surface area contributed by atoms with Gasteiger partial charge in [0, 0.05) is 69.8 Å². The fraction of sp³-hybridized carbons (Fsp3) is 0.889. The van der Waals surface area contributed by atoms with E-state index in [4.69, 9.17) is 28.4 Å². The SMILES string of the molecule is CCN1C[C@]2(C)C=C[C@@H](OC)[C@@]34[C@H]5C[C@@H]6[C@@H](OC)[C@H]5[C@]5(C[C@@H]6OC)OCO[C@]5([C@H](OC(C)=O)[C@@H]32)[C@@H]14. The lowest BCUT2D eigenvalue weighted by Crippen LogP contribution is -2.80. The molecule has 13 atom stereocenters. The van der Waals surface area contributed by atoms with E-state index in [1.807, 2.05) is 14.2 Å². The van der Waals surface area contributed by atoms with E-state index in [0.29, 0.717) is 5.92 Å². The van der Waals surface area contributed by atoms with Crippen LogP contribution in [-0.2, 0) is 33.2 Å². The third-order valence-electron chi connectivity index (χ3n) is 11.6. The van der Waals surface area contributed by atoms with Gasteiger partial charge in [-0.05, 0) is 18.9 Å². The molecule has 0 unspecified atom stereocenters. The molecule has 8 nitrogen and oxygen atoms in total. The van der Waals surface area contributed by atoms with Gasteiger partial charge in [0.05, 0.1) is 24.4 Å². The highest BCUT2D eigenvalue weighted by atomic mass is 16.7. The number of methoxy groups -OCH3 is 3. The van der Waals surface area contributed by atoms with E-state index >= 15 is 0 Å². The van der Waals surface area contributed by atoms with Crippen molar-refractivity contribution in [3.63, 3.8) is 0 Å². The van der Waals surface area contributed by atoms with E-state index < -0.39 is 17.3 Å². The molecule has 0 aromatic heterocycles. The van der Waals surface area contributed by atoms with Crippen LogP contribution in [-0.4, -0.2) is 93.7 Å². The molecule has 194 valence electrons. The Bertz CT molecular complexity index is 973. The number of hydrogen-bond donors (Lipinski definition) is 0. The number of fused-ring (bicyclic) bond motifs is 1. The zero-order valence-corrected chi connectivity index (χ0v) is 21.7. The van der Waals surface area contributed by atoms with Crippen LogP contribution in [0, 0.1) is 34.5 Å². The van der Waals surface area contributed by atoms with Gasteiger partial charge in [-0.25, -0.2) is 0 Å². The van der Waals surface area contributed by atoms with Gasteiger partial charge in [-0.1, -0.05) is 26.0 Å². The predicted molar refractivity (Wildman–Crippen MR) is 124 cm³/mol. The first-order chi connectivity index (χ1) is 16.8. The van der Waals surface area contributed by atoms with Crippen LogP contribution in [0.5, 0.6) is 0 Å². The first-order valence-corrected chi connectivity index (χ1v) is 13.3. The number of carbonyl (C=O) groups is 1. The zero-order valence-electron chi connectivity index (χ0n) is 21.7. The molecule has 7 bridgehead atoms. The smallest absolute Gasteiger partial charge is 0.303 e. The van der Waals surface area contributed by atoms with Crippen molar-refractivity contribution in [3.05, 3.63) is 12.2 Å². The summed E-state index contributed by atoms with van der Waals surface area (Å²) in [5, 5.41) is 0. The van der Waals surface area contributed by atoms with E-state index in [-0.39, 0.29) is 65.7 Å². The molecule has 7 rings (SSSR count).